The van der Waals surface area contributed by atoms with Crippen LogP contribution in [0.4, 0.5) is 0 Å². The van der Waals surface area contributed by atoms with E-state index < -0.39 is 8.38 Å². The van der Waals surface area contributed by atoms with Crippen LogP contribution in [0.1, 0.15) is 11.1 Å². The monoisotopic (exact) mass is 438 g/mol. The molecule has 0 aliphatic heterocycles. The van der Waals surface area contributed by atoms with E-state index in [2.05, 4.69) is 0 Å². The van der Waals surface area contributed by atoms with E-state index in [9.17, 15) is 9.59 Å². The van der Waals surface area contributed by atoms with E-state index in [0.717, 1.165) is 16.4 Å². The molecule has 0 fully saturated rings. The first-order valence-corrected chi connectivity index (χ1v) is 10.8. The van der Waals surface area contributed by atoms with Crippen molar-refractivity contribution in [1.82, 2.24) is 0 Å². The molecule has 3 rings (SSSR count). The molecule has 0 amide bonds. The minimum Gasteiger partial charge on any atom is -0.469 e. The second-order valence-corrected chi connectivity index (χ2v) is 7.96. The minimum atomic E-state index is -1.45. The summed E-state index contributed by atoms with van der Waals surface area (Å²) in [6.07, 6.45) is 0.414. The van der Waals surface area contributed by atoms with Crippen LogP contribution in [-0.2, 0) is 31.9 Å². The summed E-state index contributed by atoms with van der Waals surface area (Å²) in [5, 5.41) is 0.912. The molecule has 0 atom stereocenters. The van der Waals surface area contributed by atoms with E-state index in [1.807, 2.05) is 54.6 Å². The number of methoxy groups -OCH3 is 2. The van der Waals surface area contributed by atoms with Gasteiger partial charge in [-0.25, -0.2) is 0 Å². The van der Waals surface area contributed by atoms with Gasteiger partial charge in [0.25, 0.3) is 0 Å². The molecule has 0 aromatic heterocycles. The van der Waals surface area contributed by atoms with E-state index in [4.69, 9.17) is 18.5 Å². The van der Waals surface area contributed by atoms with Gasteiger partial charge >= 0.3 is 20.3 Å². The standard InChI is InChI=1S/C24H23O6P/c1-27-23(25)16-18-8-12-20(13-9-18)29-31(22-6-4-3-5-7-22)30-21-14-10-19(11-15-21)17-24(26)28-2/h3-15H,16-17H2,1-2H3. The van der Waals surface area contributed by atoms with Gasteiger partial charge in [-0.15, -0.1) is 0 Å². The van der Waals surface area contributed by atoms with E-state index in [1.165, 1.54) is 14.2 Å². The molecule has 0 bridgehead atoms. The zero-order valence-corrected chi connectivity index (χ0v) is 18.2. The molecule has 3 aromatic carbocycles. The van der Waals surface area contributed by atoms with Gasteiger partial charge in [0.2, 0.25) is 0 Å². The second kappa shape index (κ2) is 11.1. The van der Waals surface area contributed by atoms with Crippen LogP contribution in [-0.4, -0.2) is 26.2 Å². The molecule has 31 heavy (non-hydrogen) atoms. The van der Waals surface area contributed by atoms with Crippen LogP contribution >= 0.6 is 8.38 Å². The Balaban J connectivity index is 1.73. The summed E-state index contributed by atoms with van der Waals surface area (Å²) < 4.78 is 21.7. The Bertz CT molecular complexity index is 923. The molecule has 0 saturated heterocycles. The lowest BCUT2D eigenvalue weighted by molar-refractivity contribution is -0.140. The molecular formula is C24H23O6P. The van der Waals surface area contributed by atoms with Crippen LogP contribution in [0.3, 0.4) is 0 Å². The maximum absolute atomic E-state index is 11.4. The van der Waals surface area contributed by atoms with Crippen LogP contribution in [0, 0.1) is 0 Å². The predicted molar refractivity (Wildman–Crippen MR) is 119 cm³/mol. The summed E-state index contributed by atoms with van der Waals surface area (Å²) in [5.74, 6) is 0.676. The Kier molecular flexibility index (Phi) is 8.02. The van der Waals surface area contributed by atoms with Crippen molar-refractivity contribution in [1.29, 1.82) is 0 Å². The van der Waals surface area contributed by atoms with Gasteiger partial charge in [0.15, 0.2) is 0 Å². The Hall–Kier alpha value is -3.37. The van der Waals surface area contributed by atoms with Crippen molar-refractivity contribution in [3.8, 4) is 11.5 Å². The Morgan fingerprint density at radius 1 is 0.645 bits per heavy atom. The Morgan fingerprint density at radius 3 is 1.45 bits per heavy atom. The fourth-order valence-corrected chi connectivity index (χ4v) is 3.97. The first kappa shape index (κ1) is 22.3. The van der Waals surface area contributed by atoms with Crippen LogP contribution < -0.4 is 14.4 Å². The highest BCUT2D eigenvalue weighted by Crippen LogP contribution is 2.39. The molecule has 0 radical (unpaired) electrons. The highest BCUT2D eigenvalue weighted by Gasteiger charge is 2.18. The summed E-state index contributed by atoms with van der Waals surface area (Å²) in [4.78, 5) is 22.9. The maximum atomic E-state index is 11.4. The fraction of sp³-hybridized carbons (Fsp3) is 0.167. The normalized spacial score (nSPS) is 10.4. The molecule has 0 aliphatic rings. The van der Waals surface area contributed by atoms with Gasteiger partial charge in [-0.3, -0.25) is 9.59 Å². The largest absolute Gasteiger partial charge is 0.469 e. The lowest BCUT2D eigenvalue weighted by atomic mass is 10.1. The smallest absolute Gasteiger partial charge is 0.326 e. The number of benzene rings is 3. The first-order chi connectivity index (χ1) is 15.1. The molecule has 160 valence electrons. The average Bonchev–Trinajstić information content (AvgIpc) is 2.81. The highest BCUT2D eigenvalue weighted by molar-refractivity contribution is 7.56. The van der Waals surface area contributed by atoms with Crippen molar-refractivity contribution in [2.24, 2.45) is 0 Å². The van der Waals surface area contributed by atoms with Crippen LogP contribution in [0.25, 0.3) is 0 Å². The number of carbonyl (C=O) groups excluding carboxylic acids is 2. The highest BCUT2D eigenvalue weighted by atomic mass is 31.2. The van der Waals surface area contributed by atoms with Gasteiger partial charge in [0.1, 0.15) is 11.5 Å². The SMILES string of the molecule is COC(=O)Cc1ccc(OP(Oc2ccc(CC(=O)OC)cc2)c2ccccc2)cc1. The zero-order valence-electron chi connectivity index (χ0n) is 17.3. The zero-order chi connectivity index (χ0) is 22.1. The molecule has 0 saturated carbocycles. The van der Waals surface area contributed by atoms with Gasteiger partial charge in [-0.1, -0.05) is 42.5 Å². The van der Waals surface area contributed by atoms with Crippen LogP contribution in [0.5, 0.6) is 11.5 Å². The first-order valence-electron chi connectivity index (χ1n) is 9.60. The van der Waals surface area contributed by atoms with Gasteiger partial charge < -0.3 is 18.5 Å². The van der Waals surface area contributed by atoms with Gasteiger partial charge in [-0.2, -0.15) is 0 Å². The second-order valence-electron chi connectivity index (χ2n) is 6.57. The van der Waals surface area contributed by atoms with E-state index in [0.29, 0.717) is 11.5 Å². The van der Waals surface area contributed by atoms with Crippen LogP contribution in [0.15, 0.2) is 78.9 Å². The van der Waals surface area contributed by atoms with E-state index in [1.54, 1.807) is 24.3 Å². The van der Waals surface area contributed by atoms with Crippen molar-refractivity contribution in [2.45, 2.75) is 12.8 Å². The lowest BCUT2D eigenvalue weighted by Crippen LogP contribution is -2.10. The van der Waals surface area contributed by atoms with Crippen molar-refractivity contribution >= 4 is 25.6 Å². The van der Waals surface area contributed by atoms with Crippen molar-refractivity contribution in [2.75, 3.05) is 14.2 Å². The summed E-state index contributed by atoms with van der Waals surface area (Å²) in [6.45, 7) is 0. The van der Waals surface area contributed by atoms with Crippen molar-refractivity contribution in [3.63, 3.8) is 0 Å². The van der Waals surface area contributed by atoms with Gasteiger partial charge in [0, 0.05) is 0 Å². The molecule has 7 heteroatoms. The third kappa shape index (κ3) is 6.83. The van der Waals surface area contributed by atoms with E-state index in [-0.39, 0.29) is 24.8 Å². The molecule has 6 nitrogen and oxygen atoms in total. The average molecular weight is 438 g/mol. The molecule has 3 aromatic rings. The molecule has 0 heterocycles. The molecular weight excluding hydrogens is 415 g/mol. The third-order valence-corrected chi connectivity index (χ3v) is 5.82. The molecule has 0 spiro atoms. The number of hydrogen-bond donors (Lipinski definition) is 0. The van der Waals surface area contributed by atoms with E-state index >= 15 is 0 Å². The Labute approximate surface area is 182 Å². The Morgan fingerprint density at radius 2 is 1.06 bits per heavy atom. The lowest BCUT2D eigenvalue weighted by Gasteiger charge is -2.19. The number of ether oxygens (including phenoxy) is 2. The van der Waals surface area contributed by atoms with Gasteiger partial charge in [0.05, 0.1) is 32.4 Å². The predicted octanol–water partition coefficient (Wildman–Crippen LogP) is 4.21. The van der Waals surface area contributed by atoms with Gasteiger partial charge in [-0.05, 0) is 47.5 Å². The molecule has 0 unspecified atom stereocenters. The third-order valence-electron chi connectivity index (χ3n) is 4.34. The minimum absolute atomic E-state index is 0.207. The number of rotatable bonds is 9. The quantitative estimate of drug-likeness (QED) is 0.368. The number of carbonyl (C=O) groups is 2. The maximum Gasteiger partial charge on any atom is 0.326 e. The summed E-state index contributed by atoms with van der Waals surface area (Å²) in [6, 6.07) is 24.2. The number of esters is 2. The van der Waals surface area contributed by atoms with Crippen LogP contribution in [0.2, 0.25) is 0 Å². The number of hydrogen-bond acceptors (Lipinski definition) is 6. The summed E-state index contributed by atoms with van der Waals surface area (Å²) >= 11 is 0. The summed E-state index contributed by atoms with van der Waals surface area (Å²) in [5.41, 5.74) is 1.68. The summed E-state index contributed by atoms with van der Waals surface area (Å²) in [7, 11) is 1.28. The van der Waals surface area contributed by atoms with Crippen molar-refractivity contribution in [3.05, 3.63) is 90.0 Å². The van der Waals surface area contributed by atoms with Crippen molar-refractivity contribution < 1.29 is 28.1 Å². The molecule has 0 N–H and O–H groups in total. The molecule has 0 aliphatic carbocycles. The fourth-order valence-electron chi connectivity index (χ4n) is 2.68. The topological polar surface area (TPSA) is 71.1 Å².